The molecule has 20 heavy (non-hydrogen) atoms. The van der Waals surface area contributed by atoms with Crippen LogP contribution >= 0.6 is 0 Å². The fraction of sp³-hybridized carbons (Fsp3) is 0.500. The maximum absolute atomic E-state index is 11.8. The zero-order valence-corrected chi connectivity index (χ0v) is 11.6. The predicted octanol–water partition coefficient (Wildman–Crippen LogP) is 0.912. The van der Waals surface area contributed by atoms with Crippen LogP contribution in [0.25, 0.3) is 0 Å². The number of nitrogens with one attached hydrogen (secondary N) is 3. The van der Waals surface area contributed by atoms with Gasteiger partial charge in [0.2, 0.25) is 5.91 Å². The van der Waals surface area contributed by atoms with Gasteiger partial charge >= 0.3 is 0 Å². The topological polar surface area (TPSA) is 83.1 Å². The van der Waals surface area contributed by atoms with Crippen LogP contribution in [-0.4, -0.2) is 36.4 Å². The van der Waals surface area contributed by atoms with E-state index in [4.69, 9.17) is 0 Å². The van der Waals surface area contributed by atoms with Gasteiger partial charge in [0.1, 0.15) is 11.5 Å². The number of carbonyl (C=O) groups excluding carboxylic acids is 2. The SMILES string of the molecule is CNc1cccc(C(=O)NCCCC(=O)NC2CC2)n1. The molecule has 2 amide bonds. The second kappa shape index (κ2) is 6.88. The summed E-state index contributed by atoms with van der Waals surface area (Å²) in [6.45, 7) is 0.475. The minimum Gasteiger partial charge on any atom is -0.373 e. The average Bonchev–Trinajstić information content (AvgIpc) is 3.27. The van der Waals surface area contributed by atoms with Crippen molar-refractivity contribution >= 4 is 17.6 Å². The van der Waals surface area contributed by atoms with E-state index in [-0.39, 0.29) is 11.8 Å². The van der Waals surface area contributed by atoms with Gasteiger partial charge in [-0.1, -0.05) is 6.07 Å². The lowest BCUT2D eigenvalue weighted by Crippen LogP contribution is -2.28. The van der Waals surface area contributed by atoms with Crippen molar-refractivity contribution in [2.75, 3.05) is 18.9 Å². The molecule has 2 rings (SSSR count). The molecule has 1 aliphatic carbocycles. The number of aromatic nitrogens is 1. The molecule has 1 saturated carbocycles. The van der Waals surface area contributed by atoms with Gasteiger partial charge in [-0.15, -0.1) is 0 Å². The zero-order valence-electron chi connectivity index (χ0n) is 11.6. The summed E-state index contributed by atoms with van der Waals surface area (Å²) in [5, 5.41) is 8.57. The van der Waals surface area contributed by atoms with E-state index in [2.05, 4.69) is 20.9 Å². The fourth-order valence-electron chi connectivity index (χ4n) is 1.77. The number of hydrogen-bond donors (Lipinski definition) is 3. The lowest BCUT2D eigenvalue weighted by Gasteiger charge is -2.06. The molecule has 0 radical (unpaired) electrons. The van der Waals surface area contributed by atoms with Crippen molar-refractivity contribution in [1.82, 2.24) is 15.6 Å². The first kappa shape index (κ1) is 14.3. The molecule has 1 aromatic heterocycles. The molecule has 0 unspecified atom stereocenters. The van der Waals surface area contributed by atoms with Gasteiger partial charge in [-0.05, 0) is 31.4 Å². The maximum atomic E-state index is 11.8. The van der Waals surface area contributed by atoms with Crippen molar-refractivity contribution in [1.29, 1.82) is 0 Å². The minimum atomic E-state index is -0.218. The third-order valence-electron chi connectivity index (χ3n) is 3.05. The van der Waals surface area contributed by atoms with E-state index in [9.17, 15) is 9.59 Å². The first-order valence-electron chi connectivity index (χ1n) is 6.91. The molecular formula is C14H20N4O2. The van der Waals surface area contributed by atoms with Gasteiger partial charge in [-0.3, -0.25) is 9.59 Å². The number of amides is 2. The summed E-state index contributed by atoms with van der Waals surface area (Å²) in [7, 11) is 1.75. The molecule has 0 aromatic carbocycles. The van der Waals surface area contributed by atoms with Gasteiger partial charge in [-0.25, -0.2) is 4.98 Å². The van der Waals surface area contributed by atoms with Crippen molar-refractivity contribution in [3.05, 3.63) is 23.9 Å². The average molecular weight is 276 g/mol. The van der Waals surface area contributed by atoms with Gasteiger partial charge in [0, 0.05) is 26.1 Å². The number of pyridine rings is 1. The minimum absolute atomic E-state index is 0.0667. The van der Waals surface area contributed by atoms with Crippen molar-refractivity contribution < 1.29 is 9.59 Å². The van der Waals surface area contributed by atoms with Crippen LogP contribution in [-0.2, 0) is 4.79 Å². The van der Waals surface area contributed by atoms with Crippen molar-refractivity contribution in [2.45, 2.75) is 31.7 Å². The Balaban J connectivity index is 1.67. The number of carbonyl (C=O) groups is 2. The Morgan fingerprint density at radius 3 is 2.85 bits per heavy atom. The number of rotatable bonds is 7. The molecule has 1 heterocycles. The smallest absolute Gasteiger partial charge is 0.269 e. The lowest BCUT2D eigenvalue weighted by molar-refractivity contribution is -0.121. The Kier molecular flexibility index (Phi) is 4.92. The Morgan fingerprint density at radius 2 is 2.15 bits per heavy atom. The molecule has 3 N–H and O–H groups in total. The molecule has 0 bridgehead atoms. The molecule has 6 nitrogen and oxygen atoms in total. The summed E-state index contributed by atoms with van der Waals surface area (Å²) in [4.78, 5) is 27.4. The van der Waals surface area contributed by atoms with E-state index < -0.39 is 0 Å². The second-order valence-corrected chi connectivity index (χ2v) is 4.86. The van der Waals surface area contributed by atoms with Gasteiger partial charge in [0.25, 0.3) is 5.91 Å². The van der Waals surface area contributed by atoms with Gasteiger partial charge < -0.3 is 16.0 Å². The van der Waals surface area contributed by atoms with Crippen LogP contribution in [0, 0.1) is 0 Å². The standard InChI is InChI=1S/C14H20N4O2/c1-15-12-5-2-4-11(18-12)14(20)16-9-3-6-13(19)17-10-7-8-10/h2,4-5,10H,3,6-9H2,1H3,(H,15,18)(H,16,20)(H,17,19). The molecule has 1 aromatic rings. The van der Waals surface area contributed by atoms with Crippen LogP contribution < -0.4 is 16.0 Å². The molecule has 108 valence electrons. The van der Waals surface area contributed by atoms with E-state index in [1.807, 2.05) is 0 Å². The van der Waals surface area contributed by atoms with E-state index >= 15 is 0 Å². The van der Waals surface area contributed by atoms with Crippen LogP contribution in [0.4, 0.5) is 5.82 Å². The van der Waals surface area contributed by atoms with Crippen LogP contribution in [0.1, 0.15) is 36.2 Å². The summed E-state index contributed by atoms with van der Waals surface area (Å²) < 4.78 is 0. The number of nitrogens with zero attached hydrogens (tertiary/aromatic N) is 1. The Morgan fingerprint density at radius 1 is 1.35 bits per heavy atom. The quantitative estimate of drug-likeness (QED) is 0.646. The number of hydrogen-bond acceptors (Lipinski definition) is 4. The summed E-state index contributed by atoms with van der Waals surface area (Å²) in [5.41, 5.74) is 0.374. The molecule has 0 saturated heterocycles. The van der Waals surface area contributed by atoms with Crippen LogP contribution in [0.15, 0.2) is 18.2 Å². The first-order valence-corrected chi connectivity index (χ1v) is 6.91. The van der Waals surface area contributed by atoms with Crippen LogP contribution in [0.2, 0.25) is 0 Å². The molecule has 0 spiro atoms. The van der Waals surface area contributed by atoms with E-state index in [0.29, 0.717) is 36.9 Å². The van der Waals surface area contributed by atoms with E-state index in [1.165, 1.54) is 0 Å². The lowest BCUT2D eigenvalue weighted by atomic mass is 10.2. The highest BCUT2D eigenvalue weighted by atomic mass is 16.2. The monoisotopic (exact) mass is 276 g/mol. The largest absolute Gasteiger partial charge is 0.373 e. The van der Waals surface area contributed by atoms with Crippen molar-refractivity contribution in [3.63, 3.8) is 0 Å². The number of anilines is 1. The molecule has 0 atom stereocenters. The highest BCUT2D eigenvalue weighted by Gasteiger charge is 2.22. The van der Waals surface area contributed by atoms with Crippen molar-refractivity contribution in [3.8, 4) is 0 Å². The molecule has 6 heteroatoms. The van der Waals surface area contributed by atoms with E-state index in [1.54, 1.807) is 25.2 Å². The summed E-state index contributed by atoms with van der Waals surface area (Å²) in [6, 6.07) is 5.62. The second-order valence-electron chi connectivity index (χ2n) is 4.86. The Labute approximate surface area is 118 Å². The summed E-state index contributed by atoms with van der Waals surface area (Å²) >= 11 is 0. The summed E-state index contributed by atoms with van der Waals surface area (Å²) in [5.74, 6) is 0.503. The maximum Gasteiger partial charge on any atom is 0.269 e. The highest BCUT2D eigenvalue weighted by molar-refractivity contribution is 5.92. The third kappa shape index (κ3) is 4.53. The highest BCUT2D eigenvalue weighted by Crippen LogP contribution is 2.18. The Hall–Kier alpha value is -2.11. The third-order valence-corrected chi connectivity index (χ3v) is 3.05. The van der Waals surface area contributed by atoms with Crippen LogP contribution in [0.5, 0.6) is 0 Å². The molecule has 1 aliphatic rings. The Bertz CT molecular complexity index is 486. The summed E-state index contributed by atoms with van der Waals surface area (Å²) in [6.07, 6.45) is 3.27. The molecular weight excluding hydrogens is 256 g/mol. The van der Waals surface area contributed by atoms with Gasteiger partial charge in [-0.2, -0.15) is 0 Å². The normalized spacial score (nSPS) is 13.7. The predicted molar refractivity (Wildman–Crippen MR) is 76.5 cm³/mol. The molecule has 1 fully saturated rings. The zero-order chi connectivity index (χ0) is 14.4. The fourth-order valence-corrected chi connectivity index (χ4v) is 1.77. The van der Waals surface area contributed by atoms with E-state index in [0.717, 1.165) is 12.8 Å². The van der Waals surface area contributed by atoms with Crippen LogP contribution in [0.3, 0.4) is 0 Å². The van der Waals surface area contributed by atoms with Gasteiger partial charge in [0.05, 0.1) is 0 Å². The molecule has 0 aliphatic heterocycles. The van der Waals surface area contributed by atoms with Crippen molar-refractivity contribution in [2.24, 2.45) is 0 Å². The first-order chi connectivity index (χ1) is 9.69. The van der Waals surface area contributed by atoms with Gasteiger partial charge in [0.15, 0.2) is 0 Å².